The zero-order valence-corrected chi connectivity index (χ0v) is 18.3. The van der Waals surface area contributed by atoms with E-state index in [1.54, 1.807) is 14.2 Å². The van der Waals surface area contributed by atoms with Crippen LogP contribution in [0.3, 0.4) is 0 Å². The van der Waals surface area contributed by atoms with Gasteiger partial charge < -0.3 is 20.1 Å². The Balaban J connectivity index is 1.94. The second kappa shape index (κ2) is 11.2. The van der Waals surface area contributed by atoms with Gasteiger partial charge in [-0.1, -0.05) is 13.8 Å². The van der Waals surface area contributed by atoms with Gasteiger partial charge in [-0.25, -0.2) is 0 Å². The first-order chi connectivity index (χ1) is 13.5. The Morgan fingerprint density at radius 2 is 2.00 bits per heavy atom. The molecule has 1 unspecified atom stereocenters. The van der Waals surface area contributed by atoms with Gasteiger partial charge in [0.25, 0.3) is 0 Å². The summed E-state index contributed by atoms with van der Waals surface area (Å²) in [6.07, 6.45) is 3.01. The predicted molar refractivity (Wildman–Crippen MR) is 114 cm³/mol. The maximum Gasteiger partial charge on any atom is 0.191 e. The molecule has 0 spiro atoms. The average molecular weight is 392 g/mol. The van der Waals surface area contributed by atoms with Crippen LogP contribution in [0, 0.1) is 19.8 Å². The molecule has 1 aromatic heterocycles. The van der Waals surface area contributed by atoms with Crippen molar-refractivity contribution in [3.63, 3.8) is 0 Å². The molecular formula is C21H37N5O2. The van der Waals surface area contributed by atoms with Crippen molar-refractivity contribution in [2.75, 3.05) is 47.0 Å². The third kappa shape index (κ3) is 6.34. The molecule has 28 heavy (non-hydrogen) atoms. The first kappa shape index (κ1) is 22.4. The third-order valence-electron chi connectivity index (χ3n) is 5.21. The summed E-state index contributed by atoms with van der Waals surface area (Å²) >= 11 is 0. The highest BCUT2D eigenvalue weighted by Crippen LogP contribution is 2.23. The molecular weight excluding hydrogens is 354 g/mol. The highest BCUT2D eigenvalue weighted by molar-refractivity contribution is 5.79. The smallest absolute Gasteiger partial charge is 0.191 e. The Labute approximate surface area is 169 Å². The molecule has 0 aromatic carbocycles. The van der Waals surface area contributed by atoms with E-state index in [1.807, 2.05) is 20.0 Å². The molecule has 158 valence electrons. The van der Waals surface area contributed by atoms with Crippen LogP contribution in [-0.4, -0.2) is 68.9 Å². The fourth-order valence-electron chi connectivity index (χ4n) is 3.70. The van der Waals surface area contributed by atoms with Gasteiger partial charge >= 0.3 is 0 Å². The number of pyridine rings is 1. The van der Waals surface area contributed by atoms with Crippen LogP contribution in [0.25, 0.3) is 0 Å². The number of morpholine rings is 1. The third-order valence-corrected chi connectivity index (χ3v) is 5.21. The van der Waals surface area contributed by atoms with Gasteiger partial charge in [-0.2, -0.15) is 0 Å². The maximum absolute atomic E-state index is 5.51. The maximum atomic E-state index is 5.51. The van der Waals surface area contributed by atoms with Crippen molar-refractivity contribution < 1.29 is 9.47 Å². The summed E-state index contributed by atoms with van der Waals surface area (Å²) in [6, 6.07) is 0.474. The zero-order chi connectivity index (χ0) is 20.5. The molecule has 2 rings (SSSR count). The molecule has 0 radical (unpaired) electrons. The van der Waals surface area contributed by atoms with E-state index in [0.29, 0.717) is 18.5 Å². The minimum Gasteiger partial charge on any atom is -0.496 e. The molecule has 2 heterocycles. The molecule has 0 aliphatic carbocycles. The highest BCUT2D eigenvalue weighted by Gasteiger charge is 2.22. The second-order valence-electron chi connectivity index (χ2n) is 7.78. The van der Waals surface area contributed by atoms with Gasteiger partial charge in [0, 0.05) is 50.0 Å². The van der Waals surface area contributed by atoms with Crippen molar-refractivity contribution in [2.45, 2.75) is 46.7 Å². The van der Waals surface area contributed by atoms with Gasteiger partial charge in [0.05, 0.1) is 32.6 Å². The van der Waals surface area contributed by atoms with Crippen LogP contribution in [0.5, 0.6) is 5.75 Å². The van der Waals surface area contributed by atoms with Crippen LogP contribution < -0.4 is 15.4 Å². The molecule has 1 saturated heterocycles. The molecule has 7 heteroatoms. The van der Waals surface area contributed by atoms with Crippen LogP contribution in [0.2, 0.25) is 0 Å². The average Bonchev–Trinajstić information content (AvgIpc) is 2.69. The van der Waals surface area contributed by atoms with Crippen molar-refractivity contribution in [2.24, 2.45) is 10.9 Å². The fraction of sp³-hybridized carbons (Fsp3) is 0.714. The predicted octanol–water partition coefficient (Wildman–Crippen LogP) is 2.12. The molecule has 1 aliphatic heterocycles. The van der Waals surface area contributed by atoms with E-state index >= 15 is 0 Å². The summed E-state index contributed by atoms with van der Waals surface area (Å²) in [5.74, 6) is 2.35. The number of aryl methyl sites for hydroxylation is 1. The van der Waals surface area contributed by atoms with Crippen LogP contribution in [-0.2, 0) is 11.3 Å². The number of nitrogens with zero attached hydrogens (tertiary/aromatic N) is 3. The molecule has 1 aromatic rings. The summed E-state index contributed by atoms with van der Waals surface area (Å²) in [7, 11) is 3.51. The van der Waals surface area contributed by atoms with Crippen molar-refractivity contribution in [3.8, 4) is 5.75 Å². The SMILES string of the molecule is CN=C(NCc1ncc(C)c(OC)c1C)NCC(CC(C)C)N1CCOCC1. The van der Waals surface area contributed by atoms with Crippen molar-refractivity contribution in [1.82, 2.24) is 20.5 Å². The topological polar surface area (TPSA) is 71.0 Å². The fourth-order valence-corrected chi connectivity index (χ4v) is 3.70. The normalized spacial score (nSPS) is 16.9. The van der Waals surface area contributed by atoms with Crippen LogP contribution in [0.1, 0.15) is 37.1 Å². The lowest BCUT2D eigenvalue weighted by molar-refractivity contribution is 0.0132. The summed E-state index contributed by atoms with van der Waals surface area (Å²) in [6.45, 7) is 13.7. The number of rotatable bonds is 8. The first-order valence-corrected chi connectivity index (χ1v) is 10.2. The van der Waals surface area contributed by atoms with E-state index in [-0.39, 0.29) is 0 Å². The molecule has 7 nitrogen and oxygen atoms in total. The number of hydrogen-bond acceptors (Lipinski definition) is 5. The summed E-state index contributed by atoms with van der Waals surface area (Å²) in [5.41, 5.74) is 3.09. The number of guanidine groups is 1. The van der Waals surface area contributed by atoms with Crippen LogP contribution in [0.4, 0.5) is 0 Å². The van der Waals surface area contributed by atoms with Crippen molar-refractivity contribution in [1.29, 1.82) is 0 Å². The minimum absolute atomic E-state index is 0.474. The molecule has 0 saturated carbocycles. The molecule has 2 N–H and O–H groups in total. The van der Waals surface area contributed by atoms with Gasteiger partial charge in [-0.05, 0) is 26.2 Å². The van der Waals surface area contributed by atoms with Crippen LogP contribution in [0.15, 0.2) is 11.2 Å². The second-order valence-corrected chi connectivity index (χ2v) is 7.78. The molecule has 0 bridgehead atoms. The largest absolute Gasteiger partial charge is 0.496 e. The minimum atomic E-state index is 0.474. The Morgan fingerprint density at radius 1 is 1.29 bits per heavy atom. The Bertz CT molecular complexity index is 642. The quantitative estimate of drug-likeness (QED) is 0.522. The van der Waals surface area contributed by atoms with E-state index < -0.39 is 0 Å². The number of methoxy groups -OCH3 is 1. The standard InChI is InChI=1S/C21H37N5O2/c1-15(2)11-18(26-7-9-28-10-8-26)13-24-21(22-5)25-14-19-17(4)20(27-6)16(3)12-23-19/h12,15,18H,7-11,13-14H2,1-6H3,(H2,22,24,25). The number of ether oxygens (including phenoxy) is 2. The summed E-state index contributed by atoms with van der Waals surface area (Å²) in [5, 5.41) is 6.89. The molecule has 0 amide bonds. The molecule has 1 atom stereocenters. The number of hydrogen-bond donors (Lipinski definition) is 2. The van der Waals surface area contributed by atoms with Crippen molar-refractivity contribution >= 4 is 5.96 Å². The van der Waals surface area contributed by atoms with Crippen LogP contribution >= 0.6 is 0 Å². The Hall–Kier alpha value is -1.86. The lowest BCUT2D eigenvalue weighted by Crippen LogP contribution is -2.51. The number of aromatic nitrogens is 1. The highest BCUT2D eigenvalue weighted by atomic mass is 16.5. The number of nitrogens with one attached hydrogen (secondary N) is 2. The monoisotopic (exact) mass is 391 g/mol. The summed E-state index contributed by atoms with van der Waals surface area (Å²) < 4.78 is 11.0. The molecule has 1 aliphatic rings. The van der Waals surface area contributed by atoms with E-state index in [9.17, 15) is 0 Å². The van der Waals surface area contributed by atoms with Crippen molar-refractivity contribution in [3.05, 3.63) is 23.0 Å². The summed E-state index contributed by atoms with van der Waals surface area (Å²) in [4.78, 5) is 11.5. The Kier molecular flexibility index (Phi) is 8.99. The van der Waals surface area contributed by atoms with E-state index in [1.165, 1.54) is 0 Å². The van der Waals surface area contributed by atoms with Gasteiger partial charge in [-0.3, -0.25) is 14.9 Å². The zero-order valence-electron chi connectivity index (χ0n) is 18.3. The first-order valence-electron chi connectivity index (χ1n) is 10.2. The van der Waals surface area contributed by atoms with E-state index in [4.69, 9.17) is 9.47 Å². The van der Waals surface area contributed by atoms with E-state index in [0.717, 1.165) is 67.8 Å². The van der Waals surface area contributed by atoms with E-state index in [2.05, 4.69) is 39.4 Å². The lowest BCUT2D eigenvalue weighted by atomic mass is 10.0. The number of aliphatic imine (C=N–C) groups is 1. The van der Waals surface area contributed by atoms with Gasteiger partial charge in [-0.15, -0.1) is 0 Å². The molecule has 1 fully saturated rings. The lowest BCUT2D eigenvalue weighted by Gasteiger charge is -2.35. The Morgan fingerprint density at radius 3 is 2.61 bits per heavy atom. The van der Waals surface area contributed by atoms with Gasteiger partial charge in [0.15, 0.2) is 5.96 Å². The van der Waals surface area contributed by atoms with Gasteiger partial charge in [0.1, 0.15) is 5.75 Å². The van der Waals surface area contributed by atoms with Gasteiger partial charge in [0.2, 0.25) is 0 Å².